The van der Waals surface area contributed by atoms with Crippen molar-refractivity contribution in [2.75, 3.05) is 17.2 Å². The molecule has 0 aromatic heterocycles. The van der Waals surface area contributed by atoms with Crippen molar-refractivity contribution >= 4 is 39.1 Å². The minimum atomic E-state index is -0.164. The maximum Gasteiger partial charge on any atom is 0.227 e. The molecule has 1 fully saturated rings. The largest absolute Gasteiger partial charge is 0.325 e. The van der Waals surface area contributed by atoms with E-state index >= 15 is 0 Å². The van der Waals surface area contributed by atoms with Crippen molar-refractivity contribution in [3.63, 3.8) is 0 Å². The van der Waals surface area contributed by atoms with Gasteiger partial charge in [-0.3, -0.25) is 9.59 Å². The second-order valence-electron chi connectivity index (χ2n) is 5.44. The van der Waals surface area contributed by atoms with Gasteiger partial charge in [-0.1, -0.05) is 15.9 Å². The number of rotatable bonds is 3. The van der Waals surface area contributed by atoms with E-state index in [2.05, 4.69) is 38.8 Å². The van der Waals surface area contributed by atoms with Crippen LogP contribution in [0.2, 0.25) is 0 Å². The van der Waals surface area contributed by atoms with Crippen LogP contribution in [-0.4, -0.2) is 24.4 Å². The average Bonchev–Trinajstić information content (AvgIpc) is 2.41. The van der Waals surface area contributed by atoms with Crippen LogP contribution in [0.5, 0.6) is 0 Å². The summed E-state index contributed by atoms with van der Waals surface area (Å²) in [4.78, 5) is 23.6. The fraction of sp³-hybridized carbons (Fsp3) is 0.467. The van der Waals surface area contributed by atoms with Gasteiger partial charge in [-0.25, -0.2) is 0 Å². The van der Waals surface area contributed by atoms with Gasteiger partial charge in [-0.15, -0.1) is 0 Å². The fourth-order valence-corrected chi connectivity index (χ4v) is 2.88. The van der Waals surface area contributed by atoms with Crippen LogP contribution in [0, 0.1) is 5.92 Å². The number of hydrogen-bond acceptors (Lipinski definition) is 3. The normalized spacial score (nSPS) is 21.7. The Morgan fingerprint density at radius 2 is 2.05 bits per heavy atom. The summed E-state index contributed by atoms with van der Waals surface area (Å²) in [6.45, 7) is 4.39. The predicted molar refractivity (Wildman–Crippen MR) is 87.3 cm³/mol. The second kappa shape index (κ2) is 7.04. The molecule has 0 bridgehead atoms. The Hall–Kier alpha value is -1.40. The molecule has 0 aliphatic carbocycles. The van der Waals surface area contributed by atoms with Crippen LogP contribution in [0.25, 0.3) is 0 Å². The lowest BCUT2D eigenvalue weighted by Crippen LogP contribution is -2.40. The maximum atomic E-state index is 12.4. The average molecular weight is 354 g/mol. The first kappa shape index (κ1) is 16.0. The molecule has 0 saturated carbocycles. The summed E-state index contributed by atoms with van der Waals surface area (Å²) < 4.78 is 0.852. The van der Waals surface area contributed by atoms with Crippen LogP contribution in [-0.2, 0) is 9.59 Å². The monoisotopic (exact) mass is 353 g/mol. The number of anilines is 2. The molecule has 114 valence electrons. The summed E-state index contributed by atoms with van der Waals surface area (Å²) in [6.07, 6.45) is 1.66. The number of halogens is 1. The fourth-order valence-electron chi connectivity index (χ4n) is 2.52. The van der Waals surface area contributed by atoms with E-state index in [4.69, 9.17) is 0 Å². The second-order valence-corrected chi connectivity index (χ2v) is 6.35. The van der Waals surface area contributed by atoms with Gasteiger partial charge in [0.05, 0.1) is 11.4 Å². The minimum Gasteiger partial charge on any atom is -0.325 e. The molecule has 2 rings (SSSR count). The number of piperidine rings is 1. The van der Waals surface area contributed by atoms with Crippen LogP contribution in [0.3, 0.4) is 0 Å². The highest BCUT2D eigenvalue weighted by Gasteiger charge is 2.25. The zero-order chi connectivity index (χ0) is 15.4. The van der Waals surface area contributed by atoms with Gasteiger partial charge in [0.15, 0.2) is 0 Å². The predicted octanol–water partition coefficient (Wildman–Crippen LogP) is 2.73. The third kappa shape index (κ3) is 4.54. The summed E-state index contributed by atoms with van der Waals surface area (Å²) in [7, 11) is 0. The van der Waals surface area contributed by atoms with Crippen LogP contribution < -0.4 is 16.0 Å². The lowest BCUT2D eigenvalue weighted by molar-refractivity contribution is -0.121. The number of carbonyl (C=O) groups excluding carboxylic acids is 2. The molecular weight excluding hydrogens is 334 g/mol. The molecule has 0 unspecified atom stereocenters. The number of nitrogens with one attached hydrogen (secondary N) is 3. The van der Waals surface area contributed by atoms with Gasteiger partial charge < -0.3 is 16.0 Å². The Labute approximate surface area is 133 Å². The first-order valence-corrected chi connectivity index (χ1v) is 7.86. The molecule has 1 aromatic carbocycles. The highest BCUT2D eigenvalue weighted by molar-refractivity contribution is 9.10. The molecule has 2 atom stereocenters. The standard InChI is InChI=1S/C15H20BrN3O2/c1-9-7-11(5-6-17-9)15(21)19-14-8-12(16)3-4-13(14)18-10(2)20/h3-4,8-9,11,17H,5-7H2,1-2H3,(H,18,20)(H,19,21)/t9-,11-/m0/s1. The third-order valence-corrected chi connectivity index (χ3v) is 4.04. The van der Waals surface area contributed by atoms with E-state index in [0.29, 0.717) is 17.4 Å². The van der Waals surface area contributed by atoms with E-state index in [0.717, 1.165) is 23.9 Å². The zero-order valence-corrected chi connectivity index (χ0v) is 13.8. The van der Waals surface area contributed by atoms with Crippen LogP contribution in [0.1, 0.15) is 26.7 Å². The van der Waals surface area contributed by atoms with Crippen molar-refractivity contribution in [3.8, 4) is 0 Å². The van der Waals surface area contributed by atoms with Gasteiger partial charge in [-0.2, -0.15) is 0 Å². The Kier molecular flexibility index (Phi) is 5.36. The molecule has 0 radical (unpaired) electrons. The third-order valence-electron chi connectivity index (χ3n) is 3.54. The molecule has 6 heteroatoms. The van der Waals surface area contributed by atoms with Gasteiger partial charge in [0.2, 0.25) is 11.8 Å². The van der Waals surface area contributed by atoms with E-state index < -0.39 is 0 Å². The first-order chi connectivity index (χ1) is 9.95. The Morgan fingerprint density at radius 1 is 1.29 bits per heavy atom. The summed E-state index contributed by atoms with van der Waals surface area (Å²) in [5, 5.41) is 9.00. The van der Waals surface area contributed by atoms with Crippen LogP contribution in [0.15, 0.2) is 22.7 Å². The van der Waals surface area contributed by atoms with E-state index in [1.807, 2.05) is 6.07 Å². The quantitative estimate of drug-likeness (QED) is 0.782. The Morgan fingerprint density at radius 3 is 2.71 bits per heavy atom. The molecule has 0 spiro atoms. The number of carbonyl (C=O) groups is 2. The van der Waals surface area contributed by atoms with Gasteiger partial charge in [0, 0.05) is 23.4 Å². The number of amides is 2. The molecule has 5 nitrogen and oxygen atoms in total. The van der Waals surface area contributed by atoms with E-state index in [9.17, 15) is 9.59 Å². The number of benzene rings is 1. The number of hydrogen-bond donors (Lipinski definition) is 3. The zero-order valence-electron chi connectivity index (χ0n) is 12.2. The Bertz CT molecular complexity index is 548. The maximum absolute atomic E-state index is 12.4. The van der Waals surface area contributed by atoms with Crippen LogP contribution >= 0.6 is 15.9 Å². The first-order valence-electron chi connectivity index (χ1n) is 7.07. The van der Waals surface area contributed by atoms with E-state index in [1.54, 1.807) is 12.1 Å². The Balaban J connectivity index is 2.12. The highest BCUT2D eigenvalue weighted by atomic mass is 79.9. The van der Waals surface area contributed by atoms with Crippen molar-refractivity contribution in [2.45, 2.75) is 32.7 Å². The van der Waals surface area contributed by atoms with Crippen LogP contribution in [0.4, 0.5) is 11.4 Å². The molecule has 21 heavy (non-hydrogen) atoms. The molecular formula is C15H20BrN3O2. The lowest BCUT2D eigenvalue weighted by Gasteiger charge is -2.27. The summed E-state index contributed by atoms with van der Waals surface area (Å²) >= 11 is 3.38. The summed E-state index contributed by atoms with van der Waals surface area (Å²) in [5.74, 6) is -0.151. The van der Waals surface area contributed by atoms with Gasteiger partial charge in [0.1, 0.15) is 0 Å². The van der Waals surface area contributed by atoms with Gasteiger partial charge in [0.25, 0.3) is 0 Å². The van der Waals surface area contributed by atoms with Crippen molar-refractivity contribution < 1.29 is 9.59 Å². The summed E-state index contributed by atoms with van der Waals surface area (Å²) in [5.41, 5.74) is 1.23. The molecule has 1 saturated heterocycles. The summed E-state index contributed by atoms with van der Waals surface area (Å²) in [6, 6.07) is 5.75. The van der Waals surface area contributed by atoms with Crippen molar-refractivity contribution in [1.29, 1.82) is 0 Å². The van der Waals surface area contributed by atoms with Gasteiger partial charge >= 0.3 is 0 Å². The van der Waals surface area contributed by atoms with E-state index in [1.165, 1.54) is 6.92 Å². The molecule has 1 heterocycles. The molecule has 3 N–H and O–H groups in total. The van der Waals surface area contributed by atoms with Crippen molar-refractivity contribution in [1.82, 2.24) is 5.32 Å². The molecule has 2 amide bonds. The van der Waals surface area contributed by atoms with E-state index in [-0.39, 0.29) is 17.7 Å². The molecule has 1 aliphatic rings. The SMILES string of the molecule is CC(=O)Nc1ccc(Br)cc1NC(=O)[C@H]1CCN[C@@H](C)C1. The lowest BCUT2D eigenvalue weighted by atomic mass is 9.92. The topological polar surface area (TPSA) is 70.2 Å². The molecule has 1 aromatic rings. The smallest absolute Gasteiger partial charge is 0.227 e. The highest BCUT2D eigenvalue weighted by Crippen LogP contribution is 2.27. The van der Waals surface area contributed by atoms with Crippen molar-refractivity contribution in [2.24, 2.45) is 5.92 Å². The van der Waals surface area contributed by atoms with Crippen molar-refractivity contribution in [3.05, 3.63) is 22.7 Å². The van der Waals surface area contributed by atoms with Gasteiger partial charge in [-0.05, 0) is 44.5 Å². The minimum absolute atomic E-state index is 0.00501. The molecule has 1 aliphatic heterocycles.